The summed E-state index contributed by atoms with van der Waals surface area (Å²) in [6, 6.07) is 18.7. The Labute approximate surface area is 164 Å². The van der Waals surface area contributed by atoms with Crippen LogP contribution in [0.3, 0.4) is 0 Å². The van der Waals surface area contributed by atoms with Gasteiger partial charge in [-0.25, -0.2) is 9.59 Å². The minimum absolute atomic E-state index is 0.116. The highest BCUT2D eigenvalue weighted by Gasteiger charge is 2.30. The number of rotatable bonds is 6. The first kappa shape index (κ1) is 19.9. The lowest BCUT2D eigenvalue weighted by molar-refractivity contribution is -0.155. The molecule has 148 valence electrons. The fourth-order valence-corrected chi connectivity index (χ4v) is 3.14. The van der Waals surface area contributed by atoms with Crippen molar-refractivity contribution in [1.29, 1.82) is 0 Å². The number of aliphatic hydroxyl groups excluding tert-OH is 1. The van der Waals surface area contributed by atoms with E-state index in [4.69, 9.17) is 9.47 Å². The van der Waals surface area contributed by atoms with Crippen molar-refractivity contribution in [3.05, 3.63) is 71.8 Å². The van der Waals surface area contributed by atoms with E-state index >= 15 is 0 Å². The van der Waals surface area contributed by atoms with Crippen molar-refractivity contribution < 1.29 is 24.2 Å². The fraction of sp³-hybridized carbons (Fsp3) is 0.364. The molecule has 6 nitrogen and oxygen atoms in total. The molecule has 1 fully saturated rings. The van der Waals surface area contributed by atoms with Crippen molar-refractivity contribution >= 4 is 12.1 Å². The van der Waals surface area contributed by atoms with Crippen molar-refractivity contribution in [2.45, 2.75) is 38.1 Å². The van der Waals surface area contributed by atoms with Crippen molar-refractivity contribution in [1.82, 2.24) is 4.90 Å². The molecule has 1 N–H and O–H groups in total. The summed E-state index contributed by atoms with van der Waals surface area (Å²) in [7, 11) is 0. The molecular formula is C22H25NO5. The van der Waals surface area contributed by atoms with Gasteiger partial charge < -0.3 is 19.5 Å². The van der Waals surface area contributed by atoms with E-state index < -0.39 is 24.3 Å². The summed E-state index contributed by atoms with van der Waals surface area (Å²) in [6.45, 7) is 0.841. The van der Waals surface area contributed by atoms with Gasteiger partial charge in [0, 0.05) is 19.5 Å². The summed E-state index contributed by atoms with van der Waals surface area (Å²) in [5, 5.41) is 9.78. The maximum atomic E-state index is 12.6. The van der Waals surface area contributed by atoms with E-state index in [-0.39, 0.29) is 19.6 Å². The molecule has 1 saturated heterocycles. The molecule has 1 aliphatic heterocycles. The fourth-order valence-electron chi connectivity index (χ4n) is 3.14. The number of hydrogen-bond acceptors (Lipinski definition) is 5. The Balaban J connectivity index is 1.65. The van der Waals surface area contributed by atoms with E-state index in [0.29, 0.717) is 19.4 Å². The summed E-state index contributed by atoms with van der Waals surface area (Å²) in [5.74, 6) is -0.585. The van der Waals surface area contributed by atoms with Gasteiger partial charge in [0.1, 0.15) is 6.61 Å². The number of esters is 1. The first-order valence-corrected chi connectivity index (χ1v) is 9.50. The monoisotopic (exact) mass is 383 g/mol. The molecule has 1 unspecified atom stereocenters. The second-order valence-electron chi connectivity index (χ2n) is 6.90. The van der Waals surface area contributed by atoms with Gasteiger partial charge in [-0.1, -0.05) is 60.7 Å². The van der Waals surface area contributed by atoms with Gasteiger partial charge in [0.05, 0.1) is 6.10 Å². The zero-order valence-electron chi connectivity index (χ0n) is 15.7. The van der Waals surface area contributed by atoms with Gasteiger partial charge in [-0.3, -0.25) is 0 Å². The van der Waals surface area contributed by atoms with Crippen LogP contribution in [0.1, 0.15) is 24.0 Å². The third-order valence-electron chi connectivity index (χ3n) is 4.65. The maximum Gasteiger partial charge on any atom is 0.410 e. The Morgan fingerprint density at radius 3 is 2.32 bits per heavy atom. The first-order valence-electron chi connectivity index (χ1n) is 9.50. The summed E-state index contributed by atoms with van der Waals surface area (Å²) in [4.78, 5) is 26.6. The molecule has 2 aromatic rings. The number of nitrogens with zero attached hydrogens (tertiary/aromatic N) is 1. The van der Waals surface area contributed by atoms with Crippen molar-refractivity contribution in [2.75, 3.05) is 13.1 Å². The van der Waals surface area contributed by atoms with Crippen LogP contribution in [-0.2, 0) is 27.3 Å². The highest BCUT2D eigenvalue weighted by molar-refractivity contribution is 5.79. The molecule has 0 radical (unpaired) electrons. The van der Waals surface area contributed by atoms with Gasteiger partial charge >= 0.3 is 12.1 Å². The van der Waals surface area contributed by atoms with Crippen LogP contribution in [0, 0.1) is 0 Å². The van der Waals surface area contributed by atoms with Crippen LogP contribution >= 0.6 is 0 Å². The quantitative estimate of drug-likeness (QED) is 0.776. The molecule has 0 aliphatic carbocycles. The third kappa shape index (κ3) is 5.82. The van der Waals surface area contributed by atoms with Gasteiger partial charge in [0.15, 0.2) is 0 Å². The largest absolute Gasteiger partial charge is 0.458 e. The molecule has 0 aromatic heterocycles. The summed E-state index contributed by atoms with van der Waals surface area (Å²) >= 11 is 0. The topological polar surface area (TPSA) is 76.1 Å². The van der Waals surface area contributed by atoms with E-state index in [1.807, 2.05) is 60.7 Å². The van der Waals surface area contributed by atoms with Crippen LogP contribution in [0.15, 0.2) is 60.7 Å². The average Bonchev–Trinajstić information content (AvgIpc) is 2.73. The van der Waals surface area contributed by atoms with E-state index in [1.165, 1.54) is 4.90 Å². The van der Waals surface area contributed by atoms with Gasteiger partial charge in [-0.2, -0.15) is 0 Å². The zero-order valence-corrected chi connectivity index (χ0v) is 15.7. The van der Waals surface area contributed by atoms with Gasteiger partial charge in [0.25, 0.3) is 0 Å². The van der Waals surface area contributed by atoms with E-state index in [1.54, 1.807) is 0 Å². The molecule has 3 rings (SSSR count). The molecule has 0 spiro atoms. The molecule has 0 bridgehead atoms. The Kier molecular flexibility index (Phi) is 7.03. The smallest absolute Gasteiger partial charge is 0.410 e. The van der Waals surface area contributed by atoms with Gasteiger partial charge in [-0.05, 0) is 24.0 Å². The van der Waals surface area contributed by atoms with Crippen molar-refractivity contribution in [2.24, 2.45) is 0 Å². The molecule has 0 saturated carbocycles. The van der Waals surface area contributed by atoms with E-state index in [0.717, 1.165) is 11.1 Å². The molecule has 2 atom stereocenters. The second-order valence-corrected chi connectivity index (χ2v) is 6.90. The third-order valence-corrected chi connectivity index (χ3v) is 4.65. The second kappa shape index (κ2) is 9.90. The number of piperidine rings is 1. The predicted octanol–water partition coefficient (Wildman–Crippen LogP) is 2.93. The maximum absolute atomic E-state index is 12.6. The Hall–Kier alpha value is -2.86. The molecule has 2 aromatic carbocycles. The van der Waals surface area contributed by atoms with E-state index in [9.17, 15) is 14.7 Å². The minimum atomic E-state index is -1.04. The highest BCUT2D eigenvalue weighted by atomic mass is 16.6. The van der Waals surface area contributed by atoms with E-state index in [2.05, 4.69) is 0 Å². The molecule has 1 heterocycles. The summed E-state index contributed by atoms with van der Waals surface area (Å²) in [6.07, 6.45) is -0.599. The SMILES string of the molecule is O=C(OCc1ccccc1)C(Cc1ccccc1)OC(=O)N1CCC[C@H](O)C1. The number of carbonyl (C=O) groups excluding carboxylic acids is 2. The standard InChI is InChI=1S/C22H25NO5/c24-19-12-7-13-23(15-19)22(26)28-20(14-17-8-3-1-4-9-17)21(25)27-16-18-10-5-2-6-11-18/h1-6,8-11,19-20,24H,7,12-16H2/t19-,20?/m0/s1. The van der Waals surface area contributed by atoms with Crippen LogP contribution < -0.4 is 0 Å². The first-order chi connectivity index (χ1) is 13.6. The normalized spacial score (nSPS) is 17.6. The predicted molar refractivity (Wildman–Crippen MR) is 103 cm³/mol. The number of amides is 1. The minimum Gasteiger partial charge on any atom is -0.458 e. The number of β-amino-alcohol motifs (C(OH)–C–C–N with tert-alkyl or cyclic N) is 1. The molecule has 6 heteroatoms. The number of hydrogen-bond donors (Lipinski definition) is 1. The lowest BCUT2D eigenvalue weighted by atomic mass is 10.1. The van der Waals surface area contributed by atoms with Crippen molar-refractivity contribution in [3.8, 4) is 0 Å². The number of ether oxygens (including phenoxy) is 2. The summed E-state index contributed by atoms with van der Waals surface area (Å²) in [5.41, 5.74) is 1.73. The lowest BCUT2D eigenvalue weighted by Gasteiger charge is -2.30. The molecule has 28 heavy (non-hydrogen) atoms. The highest BCUT2D eigenvalue weighted by Crippen LogP contribution is 2.15. The van der Waals surface area contributed by atoms with Crippen LogP contribution in [0.2, 0.25) is 0 Å². The Morgan fingerprint density at radius 1 is 1.04 bits per heavy atom. The lowest BCUT2D eigenvalue weighted by Crippen LogP contribution is -2.45. The average molecular weight is 383 g/mol. The molecular weight excluding hydrogens is 358 g/mol. The Bertz CT molecular complexity index is 765. The van der Waals surface area contributed by atoms with Crippen LogP contribution in [0.4, 0.5) is 4.79 Å². The van der Waals surface area contributed by atoms with Crippen LogP contribution in [0.5, 0.6) is 0 Å². The number of benzene rings is 2. The van der Waals surface area contributed by atoms with Crippen LogP contribution in [-0.4, -0.2) is 47.4 Å². The molecule has 1 amide bonds. The molecule has 1 aliphatic rings. The summed E-state index contributed by atoms with van der Waals surface area (Å²) < 4.78 is 10.9. The Morgan fingerprint density at radius 2 is 1.68 bits per heavy atom. The van der Waals surface area contributed by atoms with Gasteiger partial charge in [-0.15, -0.1) is 0 Å². The number of carbonyl (C=O) groups is 2. The van der Waals surface area contributed by atoms with Crippen LogP contribution in [0.25, 0.3) is 0 Å². The van der Waals surface area contributed by atoms with Gasteiger partial charge in [0.2, 0.25) is 6.10 Å². The zero-order chi connectivity index (χ0) is 19.8. The number of likely N-dealkylation sites (tertiary alicyclic amines) is 1. The van der Waals surface area contributed by atoms with Crippen molar-refractivity contribution in [3.63, 3.8) is 0 Å². The number of aliphatic hydroxyl groups is 1.